The molecular weight excluding hydrogens is 208 g/mol. The maximum Gasteiger partial charge on any atom is 0.118 e. The topological polar surface area (TPSA) is 29.5 Å². The van der Waals surface area contributed by atoms with Crippen LogP contribution in [0.5, 0.6) is 5.75 Å². The van der Waals surface area contributed by atoms with Gasteiger partial charge in [0.25, 0.3) is 0 Å². The molecule has 1 fully saturated rings. The van der Waals surface area contributed by atoms with E-state index in [1.54, 1.807) is 7.11 Å². The van der Waals surface area contributed by atoms with Crippen LogP contribution in [0, 0.1) is 5.92 Å². The van der Waals surface area contributed by atoms with Crippen molar-refractivity contribution in [3.63, 3.8) is 0 Å². The van der Waals surface area contributed by atoms with E-state index in [1.807, 2.05) is 36.0 Å². The first-order valence-corrected chi connectivity index (χ1v) is 6.36. The Morgan fingerprint density at radius 2 is 2.13 bits per heavy atom. The van der Waals surface area contributed by atoms with E-state index >= 15 is 0 Å². The Balaban J connectivity index is 2.07. The third-order valence-electron chi connectivity index (χ3n) is 2.87. The van der Waals surface area contributed by atoms with Crippen LogP contribution in [0.15, 0.2) is 24.3 Å². The standard InChI is InChI=1S/C12H16O2S/c1-14-11-4-2-9(3-5-11)12(13)10-6-7-15-8-10/h2-5,10,12-13H,6-8H2,1H3. The fourth-order valence-electron chi connectivity index (χ4n) is 1.88. The van der Waals surface area contributed by atoms with Crippen molar-refractivity contribution in [1.29, 1.82) is 0 Å². The third kappa shape index (κ3) is 2.47. The highest BCUT2D eigenvalue weighted by Gasteiger charge is 2.24. The molecule has 0 bridgehead atoms. The summed E-state index contributed by atoms with van der Waals surface area (Å²) in [7, 11) is 1.65. The highest BCUT2D eigenvalue weighted by Crippen LogP contribution is 2.34. The molecule has 1 aliphatic heterocycles. The lowest BCUT2D eigenvalue weighted by molar-refractivity contribution is 0.121. The summed E-state index contributed by atoms with van der Waals surface area (Å²) < 4.78 is 5.09. The second kappa shape index (κ2) is 4.90. The zero-order valence-corrected chi connectivity index (χ0v) is 9.67. The van der Waals surface area contributed by atoms with E-state index in [2.05, 4.69) is 0 Å². The van der Waals surface area contributed by atoms with Crippen molar-refractivity contribution in [2.24, 2.45) is 5.92 Å². The van der Waals surface area contributed by atoms with Crippen LogP contribution in [0.2, 0.25) is 0 Å². The van der Waals surface area contributed by atoms with Crippen molar-refractivity contribution in [3.05, 3.63) is 29.8 Å². The van der Waals surface area contributed by atoms with Gasteiger partial charge < -0.3 is 9.84 Å². The van der Waals surface area contributed by atoms with Gasteiger partial charge in [0.15, 0.2) is 0 Å². The fraction of sp³-hybridized carbons (Fsp3) is 0.500. The van der Waals surface area contributed by atoms with Crippen molar-refractivity contribution in [2.45, 2.75) is 12.5 Å². The van der Waals surface area contributed by atoms with E-state index in [1.165, 1.54) is 5.75 Å². The van der Waals surface area contributed by atoms with Crippen molar-refractivity contribution >= 4 is 11.8 Å². The number of rotatable bonds is 3. The lowest BCUT2D eigenvalue weighted by Crippen LogP contribution is -2.11. The highest BCUT2D eigenvalue weighted by atomic mass is 32.2. The summed E-state index contributed by atoms with van der Waals surface area (Å²) in [5.74, 6) is 3.51. The SMILES string of the molecule is COc1ccc(C(O)C2CCSC2)cc1. The molecule has 2 nitrogen and oxygen atoms in total. The van der Waals surface area contributed by atoms with Crippen LogP contribution in [0.25, 0.3) is 0 Å². The molecule has 1 heterocycles. The second-order valence-electron chi connectivity index (χ2n) is 3.84. The predicted molar refractivity (Wildman–Crippen MR) is 63.4 cm³/mol. The lowest BCUT2D eigenvalue weighted by atomic mass is 9.95. The molecule has 0 amide bonds. The van der Waals surface area contributed by atoms with Crippen LogP contribution >= 0.6 is 11.8 Å². The number of hydrogen-bond acceptors (Lipinski definition) is 3. The predicted octanol–water partition coefficient (Wildman–Crippen LogP) is 2.48. The zero-order valence-electron chi connectivity index (χ0n) is 8.85. The Kier molecular flexibility index (Phi) is 3.54. The Hall–Kier alpha value is -0.670. The molecule has 2 rings (SSSR count). The van der Waals surface area contributed by atoms with Crippen molar-refractivity contribution in [3.8, 4) is 5.75 Å². The monoisotopic (exact) mass is 224 g/mol. The molecule has 0 aliphatic carbocycles. The van der Waals surface area contributed by atoms with E-state index in [0.717, 1.165) is 23.5 Å². The molecule has 1 aromatic carbocycles. The van der Waals surface area contributed by atoms with Crippen molar-refractivity contribution in [2.75, 3.05) is 18.6 Å². The largest absolute Gasteiger partial charge is 0.497 e. The second-order valence-corrected chi connectivity index (χ2v) is 4.99. The molecule has 1 aromatic rings. The molecule has 2 unspecified atom stereocenters. The summed E-state index contributed by atoms with van der Waals surface area (Å²) in [4.78, 5) is 0. The number of thioether (sulfide) groups is 1. The minimum Gasteiger partial charge on any atom is -0.497 e. The van der Waals surface area contributed by atoms with Crippen LogP contribution in [0.1, 0.15) is 18.1 Å². The van der Waals surface area contributed by atoms with Gasteiger partial charge in [0, 0.05) is 0 Å². The number of ether oxygens (including phenoxy) is 1. The van der Waals surface area contributed by atoms with E-state index < -0.39 is 0 Å². The molecular formula is C12H16O2S. The maximum absolute atomic E-state index is 10.1. The van der Waals surface area contributed by atoms with Gasteiger partial charge in [0.1, 0.15) is 5.75 Å². The Bertz CT molecular complexity index is 304. The molecule has 0 saturated carbocycles. The van der Waals surface area contributed by atoms with E-state index in [4.69, 9.17) is 4.74 Å². The molecule has 3 heteroatoms. The van der Waals surface area contributed by atoms with Gasteiger partial charge in [-0.3, -0.25) is 0 Å². The van der Waals surface area contributed by atoms with Crippen LogP contribution in [-0.4, -0.2) is 23.7 Å². The minimum atomic E-state index is -0.314. The average Bonchev–Trinajstić information content (AvgIpc) is 2.82. The number of benzene rings is 1. The Labute approximate surface area is 94.6 Å². The van der Waals surface area contributed by atoms with Crippen LogP contribution in [0.4, 0.5) is 0 Å². The number of aliphatic hydroxyl groups excluding tert-OH is 1. The summed E-state index contributed by atoms with van der Waals surface area (Å²) in [5, 5.41) is 10.1. The van der Waals surface area contributed by atoms with Gasteiger partial charge in [-0.25, -0.2) is 0 Å². The van der Waals surface area contributed by atoms with Crippen LogP contribution in [0.3, 0.4) is 0 Å². The Morgan fingerprint density at radius 1 is 1.40 bits per heavy atom. The third-order valence-corrected chi connectivity index (χ3v) is 4.06. The summed E-state index contributed by atoms with van der Waals surface area (Å²) in [6, 6.07) is 7.71. The summed E-state index contributed by atoms with van der Waals surface area (Å²) in [6.45, 7) is 0. The Morgan fingerprint density at radius 3 is 2.67 bits per heavy atom. The van der Waals surface area contributed by atoms with E-state index in [0.29, 0.717) is 5.92 Å². The number of hydrogen-bond donors (Lipinski definition) is 1. The first kappa shape index (κ1) is 10.8. The molecule has 1 saturated heterocycles. The number of aliphatic hydroxyl groups is 1. The van der Waals surface area contributed by atoms with Crippen LogP contribution in [-0.2, 0) is 0 Å². The van der Waals surface area contributed by atoms with Crippen LogP contribution < -0.4 is 4.74 Å². The normalized spacial score (nSPS) is 22.7. The molecule has 0 spiro atoms. The van der Waals surface area contributed by atoms with Gasteiger partial charge in [0.2, 0.25) is 0 Å². The molecule has 1 N–H and O–H groups in total. The van der Waals surface area contributed by atoms with Gasteiger partial charge in [0.05, 0.1) is 13.2 Å². The highest BCUT2D eigenvalue weighted by molar-refractivity contribution is 7.99. The zero-order chi connectivity index (χ0) is 10.7. The quantitative estimate of drug-likeness (QED) is 0.855. The summed E-state index contributed by atoms with van der Waals surface area (Å²) in [6.07, 6.45) is 0.809. The van der Waals surface area contributed by atoms with Crippen molar-refractivity contribution < 1.29 is 9.84 Å². The van der Waals surface area contributed by atoms with Gasteiger partial charge in [-0.2, -0.15) is 11.8 Å². The summed E-state index contributed by atoms with van der Waals surface area (Å²) in [5.41, 5.74) is 1.00. The van der Waals surface area contributed by atoms with E-state index in [-0.39, 0.29) is 6.10 Å². The van der Waals surface area contributed by atoms with Gasteiger partial charge in [-0.15, -0.1) is 0 Å². The molecule has 15 heavy (non-hydrogen) atoms. The molecule has 0 aromatic heterocycles. The van der Waals surface area contributed by atoms with E-state index in [9.17, 15) is 5.11 Å². The molecule has 1 aliphatic rings. The van der Waals surface area contributed by atoms with Gasteiger partial charge >= 0.3 is 0 Å². The van der Waals surface area contributed by atoms with Crippen molar-refractivity contribution in [1.82, 2.24) is 0 Å². The minimum absolute atomic E-state index is 0.314. The molecule has 0 radical (unpaired) electrons. The first-order chi connectivity index (χ1) is 7.31. The maximum atomic E-state index is 10.1. The smallest absolute Gasteiger partial charge is 0.118 e. The van der Waals surface area contributed by atoms with Gasteiger partial charge in [-0.05, 0) is 41.5 Å². The lowest BCUT2D eigenvalue weighted by Gasteiger charge is -2.17. The number of methoxy groups -OCH3 is 1. The molecule has 2 atom stereocenters. The first-order valence-electron chi connectivity index (χ1n) is 5.21. The fourth-order valence-corrected chi connectivity index (χ4v) is 3.16. The molecule has 82 valence electrons. The average molecular weight is 224 g/mol. The van der Waals surface area contributed by atoms with Gasteiger partial charge in [-0.1, -0.05) is 12.1 Å². The summed E-state index contributed by atoms with van der Waals surface area (Å²) >= 11 is 1.93.